The molecule has 1 heterocycles. The summed E-state index contributed by atoms with van der Waals surface area (Å²) in [6.45, 7) is 0.301. The molecule has 8 nitrogen and oxygen atoms in total. The van der Waals surface area contributed by atoms with E-state index in [1.165, 1.54) is 0 Å². The maximum atomic E-state index is 12.7. The number of carbonyl (C=O) groups is 3. The highest BCUT2D eigenvalue weighted by molar-refractivity contribution is 6.07. The van der Waals surface area contributed by atoms with Crippen LogP contribution in [0.2, 0.25) is 0 Å². The van der Waals surface area contributed by atoms with Gasteiger partial charge in [0.15, 0.2) is 0 Å². The van der Waals surface area contributed by atoms with Crippen molar-refractivity contribution in [3.05, 3.63) is 59.7 Å². The second-order valence-electron chi connectivity index (χ2n) is 8.40. The number of nitriles is 1. The molecule has 2 N–H and O–H groups in total. The van der Waals surface area contributed by atoms with Gasteiger partial charge in [-0.15, -0.1) is 0 Å². The van der Waals surface area contributed by atoms with Crippen LogP contribution in [0.25, 0.3) is 0 Å². The zero-order valence-electron chi connectivity index (χ0n) is 18.3. The largest absolute Gasteiger partial charge is 0.489 e. The van der Waals surface area contributed by atoms with Gasteiger partial charge in [-0.25, -0.2) is 4.79 Å². The monoisotopic (exact) mass is 446 g/mol. The molecule has 1 saturated heterocycles. The fourth-order valence-electron chi connectivity index (χ4n) is 4.35. The van der Waals surface area contributed by atoms with E-state index >= 15 is 0 Å². The normalized spacial score (nSPS) is 16.5. The molecule has 4 amide bonds. The molecule has 1 aliphatic heterocycles. The van der Waals surface area contributed by atoms with Crippen LogP contribution in [0.1, 0.15) is 43.2 Å². The molecule has 2 aliphatic rings. The van der Waals surface area contributed by atoms with Crippen molar-refractivity contribution < 1.29 is 19.1 Å². The molecule has 33 heavy (non-hydrogen) atoms. The average Bonchev–Trinajstić information content (AvgIpc) is 3.37. The first-order valence-electron chi connectivity index (χ1n) is 11.1. The van der Waals surface area contributed by atoms with E-state index in [2.05, 4.69) is 16.7 Å². The van der Waals surface area contributed by atoms with Gasteiger partial charge in [0, 0.05) is 24.2 Å². The molecule has 1 saturated carbocycles. The van der Waals surface area contributed by atoms with E-state index in [-0.39, 0.29) is 31.4 Å². The molecule has 0 bridgehead atoms. The molecule has 0 unspecified atom stereocenters. The lowest BCUT2D eigenvalue weighted by molar-refractivity contribution is -0.131. The second kappa shape index (κ2) is 9.74. The van der Waals surface area contributed by atoms with E-state index < -0.39 is 11.6 Å². The van der Waals surface area contributed by atoms with Crippen LogP contribution in [-0.4, -0.2) is 34.8 Å². The predicted octanol–water partition coefficient (Wildman–Crippen LogP) is 3.52. The van der Waals surface area contributed by atoms with Gasteiger partial charge in [-0.1, -0.05) is 43.2 Å². The van der Waals surface area contributed by atoms with E-state index in [0.717, 1.165) is 28.9 Å². The predicted molar refractivity (Wildman–Crippen MR) is 121 cm³/mol. The number of rotatable bonds is 8. The number of anilines is 1. The van der Waals surface area contributed by atoms with Crippen molar-refractivity contribution in [2.75, 3.05) is 11.9 Å². The Hall–Kier alpha value is -3.86. The van der Waals surface area contributed by atoms with Crippen LogP contribution in [0, 0.1) is 11.3 Å². The van der Waals surface area contributed by atoms with Crippen molar-refractivity contribution in [1.82, 2.24) is 10.2 Å². The van der Waals surface area contributed by atoms with Gasteiger partial charge in [-0.05, 0) is 36.6 Å². The van der Waals surface area contributed by atoms with E-state index in [4.69, 9.17) is 10.00 Å². The molecule has 0 aromatic heterocycles. The number of imide groups is 1. The quantitative estimate of drug-likeness (QED) is 0.603. The summed E-state index contributed by atoms with van der Waals surface area (Å²) < 4.78 is 5.83. The van der Waals surface area contributed by atoms with Crippen LogP contribution in [0.5, 0.6) is 5.75 Å². The van der Waals surface area contributed by atoms with Crippen molar-refractivity contribution in [3.63, 3.8) is 0 Å². The van der Waals surface area contributed by atoms with Crippen LogP contribution in [-0.2, 0) is 22.6 Å². The SMILES string of the molecule is N#CCc1ccc(OCc2ccccc2NC(=O)CCN2C(=O)NC3(CCCC3)C2=O)cc1. The molecule has 4 rings (SSSR count). The number of ether oxygens (including phenoxy) is 1. The highest BCUT2D eigenvalue weighted by atomic mass is 16.5. The molecule has 2 aromatic carbocycles. The number of nitrogens with one attached hydrogen (secondary N) is 2. The molecule has 170 valence electrons. The van der Waals surface area contributed by atoms with Gasteiger partial charge < -0.3 is 15.4 Å². The summed E-state index contributed by atoms with van der Waals surface area (Å²) in [5.74, 6) is 0.167. The maximum absolute atomic E-state index is 12.7. The van der Waals surface area contributed by atoms with Crippen molar-refractivity contribution in [2.45, 2.75) is 50.7 Å². The van der Waals surface area contributed by atoms with Gasteiger partial charge in [-0.2, -0.15) is 5.26 Å². The molecule has 0 radical (unpaired) electrons. The van der Waals surface area contributed by atoms with E-state index in [0.29, 0.717) is 30.7 Å². The summed E-state index contributed by atoms with van der Waals surface area (Å²) in [6.07, 6.45) is 3.53. The molecular formula is C25H26N4O4. The number of para-hydroxylation sites is 1. The smallest absolute Gasteiger partial charge is 0.325 e. The Bertz CT molecular complexity index is 1080. The summed E-state index contributed by atoms with van der Waals surface area (Å²) in [5.41, 5.74) is 1.58. The maximum Gasteiger partial charge on any atom is 0.325 e. The Morgan fingerprint density at radius 3 is 2.58 bits per heavy atom. The minimum absolute atomic E-state index is 0.0186. The van der Waals surface area contributed by atoms with Gasteiger partial charge in [0.25, 0.3) is 5.91 Å². The van der Waals surface area contributed by atoms with Crippen molar-refractivity contribution in [2.24, 2.45) is 0 Å². The van der Waals surface area contributed by atoms with Crippen molar-refractivity contribution in [3.8, 4) is 11.8 Å². The lowest BCUT2D eigenvalue weighted by atomic mass is 9.98. The Kier molecular flexibility index (Phi) is 6.59. The minimum Gasteiger partial charge on any atom is -0.489 e. The van der Waals surface area contributed by atoms with E-state index in [1.807, 2.05) is 42.5 Å². The Morgan fingerprint density at radius 1 is 1.12 bits per heavy atom. The van der Waals surface area contributed by atoms with Gasteiger partial charge in [0.2, 0.25) is 5.91 Å². The van der Waals surface area contributed by atoms with Gasteiger partial charge in [-0.3, -0.25) is 14.5 Å². The standard InChI is InChI=1S/C25H26N4O4/c26-15-11-18-7-9-20(10-8-18)33-17-19-5-1-2-6-21(19)27-22(30)12-16-29-23(31)25(28-24(29)32)13-3-4-14-25/h1-2,5-10H,3-4,11-14,16-17H2,(H,27,30)(H,28,32). The van der Waals surface area contributed by atoms with Gasteiger partial charge >= 0.3 is 6.03 Å². The van der Waals surface area contributed by atoms with Crippen LogP contribution in [0.3, 0.4) is 0 Å². The summed E-state index contributed by atoms with van der Waals surface area (Å²) in [6, 6.07) is 16.3. The van der Waals surface area contributed by atoms with Crippen LogP contribution >= 0.6 is 0 Å². The van der Waals surface area contributed by atoms with Crippen LogP contribution in [0.15, 0.2) is 48.5 Å². The first-order valence-corrected chi connectivity index (χ1v) is 11.1. The Balaban J connectivity index is 1.32. The number of urea groups is 1. The lowest BCUT2D eigenvalue weighted by Gasteiger charge is -2.20. The summed E-state index contributed by atoms with van der Waals surface area (Å²) in [5, 5.41) is 14.5. The molecular weight excluding hydrogens is 420 g/mol. The zero-order chi connectivity index (χ0) is 23.3. The molecule has 1 spiro atoms. The number of carbonyl (C=O) groups excluding carboxylic acids is 3. The third-order valence-electron chi connectivity index (χ3n) is 6.16. The van der Waals surface area contributed by atoms with Gasteiger partial charge in [0.1, 0.15) is 17.9 Å². The molecule has 1 aliphatic carbocycles. The first kappa shape index (κ1) is 22.3. The summed E-state index contributed by atoms with van der Waals surface area (Å²) >= 11 is 0. The summed E-state index contributed by atoms with van der Waals surface area (Å²) in [7, 11) is 0. The Labute approximate surface area is 192 Å². The fourth-order valence-corrected chi connectivity index (χ4v) is 4.35. The molecule has 2 aromatic rings. The Morgan fingerprint density at radius 2 is 1.85 bits per heavy atom. The second-order valence-corrected chi connectivity index (χ2v) is 8.40. The van der Waals surface area contributed by atoms with Gasteiger partial charge in [0.05, 0.1) is 12.5 Å². The fraction of sp³-hybridized carbons (Fsp3) is 0.360. The summed E-state index contributed by atoms with van der Waals surface area (Å²) in [4.78, 5) is 38.7. The van der Waals surface area contributed by atoms with Crippen molar-refractivity contribution >= 4 is 23.5 Å². The van der Waals surface area contributed by atoms with E-state index in [9.17, 15) is 14.4 Å². The third kappa shape index (κ3) is 4.98. The minimum atomic E-state index is -0.760. The zero-order valence-corrected chi connectivity index (χ0v) is 18.3. The highest BCUT2D eigenvalue weighted by Crippen LogP contribution is 2.35. The number of hydrogen-bond acceptors (Lipinski definition) is 5. The number of amides is 4. The van der Waals surface area contributed by atoms with E-state index in [1.54, 1.807) is 6.07 Å². The number of hydrogen-bond donors (Lipinski definition) is 2. The van der Waals surface area contributed by atoms with Crippen LogP contribution in [0.4, 0.5) is 10.5 Å². The first-order chi connectivity index (χ1) is 16.0. The topological polar surface area (TPSA) is 112 Å². The third-order valence-corrected chi connectivity index (χ3v) is 6.16. The van der Waals surface area contributed by atoms with Crippen molar-refractivity contribution in [1.29, 1.82) is 5.26 Å². The number of nitrogens with zero attached hydrogens (tertiary/aromatic N) is 2. The lowest BCUT2D eigenvalue weighted by Crippen LogP contribution is -2.44. The molecule has 0 atom stereocenters. The molecule has 2 fully saturated rings. The average molecular weight is 447 g/mol. The van der Waals surface area contributed by atoms with Crippen LogP contribution < -0.4 is 15.4 Å². The highest BCUT2D eigenvalue weighted by Gasteiger charge is 2.52. The molecule has 8 heteroatoms. The number of benzene rings is 2.